The molecule has 2 fully saturated rings. The number of hydrogen-bond donors (Lipinski definition) is 4. The zero-order valence-corrected chi connectivity index (χ0v) is 38.2. The van der Waals surface area contributed by atoms with Crippen LogP contribution in [0.25, 0.3) is 0 Å². The highest BCUT2D eigenvalue weighted by atomic mass is 127. The number of amides is 3. The van der Waals surface area contributed by atoms with Gasteiger partial charge in [0, 0.05) is 20.0 Å². The van der Waals surface area contributed by atoms with Crippen molar-refractivity contribution in [2.45, 2.75) is 128 Å². The molecular formula is C41H59ClI2N4O8. The largest absolute Gasteiger partial charge is 0.467 e. The Bertz CT molecular complexity index is 1580. The SMILES string of the molecule is COC(=O)[C@H](Cc1cccc(I)c1)NC(=O)[C@@H](N)C1CCCCC1.COC(=O)[C@H](Cc1cccc(I)c1)NC(=O)[C@@H](NC(=O)OC(C)(C)C)C1CCCCC1.Cl. The van der Waals surface area contributed by atoms with Gasteiger partial charge >= 0.3 is 18.0 Å². The maximum absolute atomic E-state index is 13.2. The Balaban J connectivity index is 0.000000392. The highest BCUT2D eigenvalue weighted by Crippen LogP contribution is 2.28. The van der Waals surface area contributed by atoms with Gasteiger partial charge in [-0.05, 0) is 139 Å². The van der Waals surface area contributed by atoms with Gasteiger partial charge < -0.3 is 35.9 Å². The maximum atomic E-state index is 13.2. The fourth-order valence-corrected chi connectivity index (χ4v) is 8.22. The van der Waals surface area contributed by atoms with Crippen molar-refractivity contribution < 1.29 is 38.2 Å². The van der Waals surface area contributed by atoms with Crippen molar-refractivity contribution in [2.75, 3.05) is 14.2 Å². The lowest BCUT2D eigenvalue weighted by Gasteiger charge is -2.31. The zero-order chi connectivity index (χ0) is 40.5. The van der Waals surface area contributed by atoms with E-state index in [0.717, 1.165) is 76.1 Å². The molecule has 0 aromatic heterocycles. The second kappa shape index (κ2) is 24.9. The molecule has 56 heavy (non-hydrogen) atoms. The van der Waals surface area contributed by atoms with Gasteiger partial charge in [-0.15, -0.1) is 12.4 Å². The van der Waals surface area contributed by atoms with Gasteiger partial charge in [0.1, 0.15) is 23.7 Å². The second-order valence-electron chi connectivity index (χ2n) is 15.3. The predicted molar refractivity (Wildman–Crippen MR) is 235 cm³/mol. The molecule has 2 aromatic carbocycles. The summed E-state index contributed by atoms with van der Waals surface area (Å²) in [4.78, 5) is 62.6. The molecule has 0 saturated heterocycles. The number of nitrogens with one attached hydrogen (secondary N) is 3. The van der Waals surface area contributed by atoms with E-state index in [2.05, 4.69) is 61.1 Å². The van der Waals surface area contributed by atoms with Gasteiger partial charge in [-0.25, -0.2) is 14.4 Å². The van der Waals surface area contributed by atoms with Crippen LogP contribution in [0.5, 0.6) is 0 Å². The molecule has 0 radical (unpaired) electrons. The number of halogens is 3. The Morgan fingerprint density at radius 3 is 1.54 bits per heavy atom. The molecule has 2 saturated carbocycles. The number of rotatable bonds is 13. The van der Waals surface area contributed by atoms with Crippen molar-refractivity contribution in [3.63, 3.8) is 0 Å². The van der Waals surface area contributed by atoms with Gasteiger partial charge in [-0.3, -0.25) is 9.59 Å². The van der Waals surface area contributed by atoms with E-state index in [-0.39, 0.29) is 30.2 Å². The molecule has 4 rings (SSSR count). The first-order valence-electron chi connectivity index (χ1n) is 19.1. The van der Waals surface area contributed by atoms with Crippen LogP contribution >= 0.6 is 57.6 Å². The van der Waals surface area contributed by atoms with Gasteiger partial charge in [0.15, 0.2) is 0 Å². The van der Waals surface area contributed by atoms with Crippen LogP contribution in [0.3, 0.4) is 0 Å². The lowest BCUT2D eigenvalue weighted by Crippen LogP contribution is -2.56. The number of alkyl carbamates (subject to hydrolysis) is 1. The minimum Gasteiger partial charge on any atom is -0.467 e. The summed E-state index contributed by atoms with van der Waals surface area (Å²) < 4.78 is 17.3. The maximum Gasteiger partial charge on any atom is 0.408 e. The molecule has 2 aliphatic rings. The average molecular weight is 1030 g/mol. The van der Waals surface area contributed by atoms with Gasteiger partial charge in [0.25, 0.3) is 0 Å². The molecule has 312 valence electrons. The number of methoxy groups -OCH3 is 2. The van der Waals surface area contributed by atoms with Crippen molar-refractivity contribution >= 4 is 87.4 Å². The lowest BCUT2D eigenvalue weighted by atomic mass is 9.83. The number of benzene rings is 2. The molecule has 4 atom stereocenters. The van der Waals surface area contributed by atoms with E-state index in [9.17, 15) is 24.0 Å². The third kappa shape index (κ3) is 17.4. The van der Waals surface area contributed by atoms with Crippen LogP contribution in [-0.2, 0) is 46.2 Å². The fraction of sp³-hybridized carbons (Fsp3) is 0.585. The van der Waals surface area contributed by atoms with Crippen LogP contribution in [0.2, 0.25) is 0 Å². The summed E-state index contributed by atoms with van der Waals surface area (Å²) in [7, 11) is 2.63. The minimum atomic E-state index is -0.845. The van der Waals surface area contributed by atoms with Crippen LogP contribution in [-0.4, -0.2) is 73.8 Å². The van der Waals surface area contributed by atoms with Gasteiger partial charge in [-0.1, -0.05) is 62.8 Å². The zero-order valence-electron chi connectivity index (χ0n) is 33.1. The normalized spacial score (nSPS) is 16.9. The van der Waals surface area contributed by atoms with E-state index in [1.54, 1.807) is 20.8 Å². The summed E-state index contributed by atoms with van der Waals surface area (Å²) in [5.41, 5.74) is 7.35. The van der Waals surface area contributed by atoms with Crippen LogP contribution in [0.4, 0.5) is 4.79 Å². The number of hydrogen-bond acceptors (Lipinski definition) is 9. The second-order valence-corrected chi connectivity index (χ2v) is 17.8. The number of esters is 2. The van der Waals surface area contributed by atoms with Crippen molar-refractivity contribution in [1.82, 2.24) is 16.0 Å². The molecule has 12 nitrogen and oxygen atoms in total. The van der Waals surface area contributed by atoms with Crippen LogP contribution in [0.15, 0.2) is 48.5 Å². The van der Waals surface area contributed by atoms with E-state index in [4.69, 9.17) is 19.9 Å². The van der Waals surface area contributed by atoms with Gasteiger partial charge in [-0.2, -0.15) is 0 Å². The highest BCUT2D eigenvalue weighted by molar-refractivity contribution is 14.1. The van der Waals surface area contributed by atoms with Gasteiger partial charge in [0.05, 0.1) is 20.3 Å². The van der Waals surface area contributed by atoms with E-state index in [1.165, 1.54) is 20.6 Å². The lowest BCUT2D eigenvalue weighted by molar-refractivity contribution is -0.145. The number of ether oxygens (including phenoxy) is 3. The van der Waals surface area contributed by atoms with Gasteiger partial charge in [0.2, 0.25) is 11.8 Å². The Kier molecular flexibility index (Phi) is 22.0. The minimum absolute atomic E-state index is 0. The monoisotopic (exact) mass is 1020 g/mol. The first kappa shape index (κ1) is 49.4. The topological polar surface area (TPSA) is 175 Å². The molecule has 2 aliphatic carbocycles. The third-order valence-electron chi connectivity index (χ3n) is 9.80. The Morgan fingerprint density at radius 2 is 1.12 bits per heavy atom. The van der Waals surface area contributed by atoms with E-state index < -0.39 is 53.7 Å². The van der Waals surface area contributed by atoms with Crippen molar-refractivity contribution in [3.05, 3.63) is 66.8 Å². The van der Waals surface area contributed by atoms with Crippen LogP contribution < -0.4 is 21.7 Å². The molecule has 0 aliphatic heterocycles. The molecule has 0 spiro atoms. The molecule has 0 bridgehead atoms. The number of carbonyl (C=O) groups excluding carboxylic acids is 5. The first-order chi connectivity index (χ1) is 26.1. The van der Waals surface area contributed by atoms with Crippen LogP contribution in [0.1, 0.15) is 96.1 Å². The van der Waals surface area contributed by atoms with E-state index in [1.807, 2.05) is 48.5 Å². The molecular weight excluding hydrogens is 966 g/mol. The summed E-state index contributed by atoms with van der Waals surface area (Å²) in [6.45, 7) is 5.32. The van der Waals surface area contributed by atoms with Crippen molar-refractivity contribution in [2.24, 2.45) is 17.6 Å². The first-order valence-corrected chi connectivity index (χ1v) is 21.3. The average Bonchev–Trinajstić information content (AvgIpc) is 3.15. The summed E-state index contributed by atoms with van der Waals surface area (Å²) in [5, 5.41) is 8.36. The standard InChI is InChI=1S/C23H33IN2O5.C18H25IN2O3.ClH/c1-23(2,3)31-22(29)26-19(16-10-6-5-7-11-16)20(27)25-18(21(28)30-4)14-15-9-8-12-17(24)13-15;1-24-18(23)15(11-12-6-5-9-14(19)10-12)21-17(22)16(20)13-7-3-2-4-8-13;/h8-9,12-13,16,18-19H,5-7,10-11,14H2,1-4H3,(H,25,27)(H,26,29);5-6,9-10,13,15-16H,2-4,7-8,11,20H2,1H3,(H,21,22);1H/t18-,19-;15-,16-;/m00./s1. The Labute approximate surface area is 365 Å². The summed E-state index contributed by atoms with van der Waals surface area (Å²) in [6.07, 6.45) is 10.3. The van der Waals surface area contributed by atoms with E-state index in [0.29, 0.717) is 12.8 Å². The molecule has 15 heteroatoms. The Hall–Kier alpha value is -2.70. The molecule has 0 heterocycles. The summed E-state index contributed by atoms with van der Waals surface area (Å²) >= 11 is 4.42. The Morgan fingerprint density at radius 1 is 0.696 bits per heavy atom. The van der Waals surface area contributed by atoms with Crippen LogP contribution in [0, 0.1) is 19.0 Å². The predicted octanol–water partition coefficient (Wildman–Crippen LogP) is 6.79. The van der Waals surface area contributed by atoms with E-state index >= 15 is 0 Å². The summed E-state index contributed by atoms with van der Waals surface area (Å²) in [5.74, 6) is -1.42. The third-order valence-corrected chi connectivity index (χ3v) is 11.1. The quantitative estimate of drug-likeness (QED) is 0.0958. The number of nitrogens with two attached hydrogens (primary N) is 1. The molecule has 2 aromatic rings. The molecule has 3 amide bonds. The number of carbonyl (C=O) groups is 5. The highest BCUT2D eigenvalue weighted by Gasteiger charge is 2.35. The fourth-order valence-electron chi connectivity index (χ4n) is 7.01. The summed E-state index contributed by atoms with van der Waals surface area (Å²) in [6, 6.07) is 12.7. The van der Waals surface area contributed by atoms with Crippen molar-refractivity contribution in [1.29, 1.82) is 0 Å². The van der Waals surface area contributed by atoms with Crippen molar-refractivity contribution in [3.8, 4) is 0 Å². The smallest absolute Gasteiger partial charge is 0.408 e. The molecule has 5 N–H and O–H groups in total. The molecule has 0 unspecified atom stereocenters.